The number of fused-ring (bicyclic) bond motifs is 3. The Bertz CT molecular complexity index is 1450. The number of nitrogen functional groups attached to an aromatic ring is 1. The van der Waals surface area contributed by atoms with Gasteiger partial charge >= 0.3 is 0 Å². The number of likely N-dealkylation sites (tertiary alicyclic amines) is 1. The number of nitrogens with two attached hydrogens (primary N) is 1. The summed E-state index contributed by atoms with van der Waals surface area (Å²) in [7, 11) is 0. The molecule has 0 unspecified atom stereocenters. The second kappa shape index (κ2) is 9.92. The molecule has 2 aliphatic heterocycles. The summed E-state index contributed by atoms with van der Waals surface area (Å²) in [6.07, 6.45) is 6.83. The Morgan fingerprint density at radius 1 is 1.21 bits per heavy atom. The largest absolute Gasteiger partial charge is 0.490 e. The van der Waals surface area contributed by atoms with Crippen molar-refractivity contribution in [3.05, 3.63) is 50.2 Å². The van der Waals surface area contributed by atoms with Gasteiger partial charge in [-0.15, -0.1) is 0 Å². The summed E-state index contributed by atoms with van der Waals surface area (Å²) in [6, 6.07) is 1.72. The molecule has 3 aliphatic rings. The lowest BCUT2D eigenvalue weighted by Gasteiger charge is -2.26. The van der Waals surface area contributed by atoms with Gasteiger partial charge in [-0.3, -0.25) is 19.1 Å². The van der Waals surface area contributed by atoms with Crippen molar-refractivity contribution in [2.75, 3.05) is 32.0 Å². The van der Waals surface area contributed by atoms with Crippen LogP contribution in [0.25, 0.3) is 5.52 Å². The molecule has 0 aromatic carbocycles. The van der Waals surface area contributed by atoms with Crippen LogP contribution in [-0.2, 0) is 5.66 Å². The van der Waals surface area contributed by atoms with Gasteiger partial charge in [0.2, 0.25) is 0 Å². The zero-order valence-corrected chi connectivity index (χ0v) is 22.9. The Labute approximate surface area is 226 Å². The normalized spacial score (nSPS) is 19.4. The number of aromatic nitrogens is 4. The van der Waals surface area contributed by atoms with Crippen molar-refractivity contribution < 1.29 is 18.3 Å². The number of anilines is 1. The number of carbonyl (C=O) groups excluding carboxylic acids is 1. The molecule has 5 heterocycles. The van der Waals surface area contributed by atoms with E-state index in [1.807, 2.05) is 13.8 Å². The highest BCUT2D eigenvalue weighted by Crippen LogP contribution is 2.38. The summed E-state index contributed by atoms with van der Waals surface area (Å²) in [4.78, 5) is 29.9. The van der Waals surface area contributed by atoms with Crippen LogP contribution in [0.2, 0.25) is 0 Å². The molecule has 10 nitrogen and oxygen atoms in total. The van der Waals surface area contributed by atoms with E-state index < -0.39 is 11.6 Å². The Hall–Kier alpha value is -3.06. The molecule has 2 fully saturated rings. The van der Waals surface area contributed by atoms with E-state index in [0.717, 1.165) is 36.8 Å². The first kappa shape index (κ1) is 26.5. The molecule has 0 bridgehead atoms. The third-order valence-electron chi connectivity index (χ3n) is 7.49. The highest BCUT2D eigenvalue weighted by molar-refractivity contribution is 9.10. The fourth-order valence-corrected chi connectivity index (χ4v) is 6.14. The van der Waals surface area contributed by atoms with Crippen molar-refractivity contribution in [1.82, 2.24) is 29.4 Å². The van der Waals surface area contributed by atoms with Gasteiger partial charge in [-0.2, -0.15) is 5.10 Å². The lowest BCUT2D eigenvalue weighted by molar-refractivity contribution is 0.0112. The van der Waals surface area contributed by atoms with Crippen molar-refractivity contribution in [2.45, 2.75) is 57.5 Å². The third kappa shape index (κ3) is 4.77. The topological polar surface area (TPSA) is 120 Å². The maximum atomic E-state index is 13.1. The summed E-state index contributed by atoms with van der Waals surface area (Å²) >= 11 is 3.28. The molecule has 0 radical (unpaired) electrons. The fraction of sp³-hybridized carbons (Fsp3) is 0.520. The summed E-state index contributed by atoms with van der Waals surface area (Å²) < 4.78 is 35.6. The molecule has 38 heavy (non-hydrogen) atoms. The number of hydrogen-bond acceptors (Lipinski definition) is 7. The van der Waals surface area contributed by atoms with Gasteiger partial charge in [0.15, 0.2) is 5.82 Å². The van der Waals surface area contributed by atoms with Crippen LogP contribution in [0.1, 0.15) is 53.7 Å². The fourth-order valence-electron chi connectivity index (χ4n) is 5.62. The number of hydrogen-bond donors (Lipinski definition) is 2. The first-order valence-electron chi connectivity index (χ1n) is 12.6. The van der Waals surface area contributed by atoms with Crippen molar-refractivity contribution in [3.63, 3.8) is 0 Å². The highest BCUT2D eigenvalue weighted by atomic mass is 79.9. The average Bonchev–Trinajstić information content (AvgIpc) is 3.60. The molecule has 6 rings (SSSR count). The van der Waals surface area contributed by atoms with Crippen LogP contribution in [-0.4, -0.2) is 62.1 Å². The molecule has 204 valence electrons. The zero-order chi connectivity index (χ0) is 27.2. The van der Waals surface area contributed by atoms with Crippen molar-refractivity contribution in [1.29, 1.82) is 0 Å². The predicted octanol–water partition coefficient (Wildman–Crippen LogP) is 3.23. The standard InChI is InChI=1S/C13H17F2N5O.C12H13BrN2O2/c1-9-10(6-20-11(9)12(16)17-8-18-20)21-5-4-19-3-2-13(14,15)7-19;1-7-6-8(13)11(17)15-9(7)10(16)14-12(15)4-2-3-5-12/h6,8H,2-5,7H2,1H3,(H2,16,17,18);6H,2-5H2,1H3,(H,14,16). The number of halogens is 3. The number of ether oxygens (including phenoxy) is 1. The second-order valence-electron chi connectivity index (χ2n) is 10.1. The van der Waals surface area contributed by atoms with Gasteiger partial charge in [0.25, 0.3) is 17.4 Å². The summed E-state index contributed by atoms with van der Waals surface area (Å²) in [5.74, 6) is -1.65. The highest BCUT2D eigenvalue weighted by Gasteiger charge is 2.46. The number of amides is 1. The van der Waals surface area contributed by atoms with Crippen LogP contribution in [0.5, 0.6) is 5.75 Å². The van der Waals surface area contributed by atoms with Crippen molar-refractivity contribution in [2.24, 2.45) is 0 Å². The lowest BCUT2D eigenvalue weighted by Crippen LogP contribution is -2.45. The number of carbonyl (C=O) groups is 1. The minimum atomic E-state index is -2.56. The van der Waals surface area contributed by atoms with Crippen molar-refractivity contribution >= 4 is 33.2 Å². The van der Waals surface area contributed by atoms with E-state index in [2.05, 4.69) is 31.3 Å². The van der Waals surface area contributed by atoms with E-state index in [0.29, 0.717) is 46.9 Å². The van der Waals surface area contributed by atoms with Crippen LogP contribution in [0.4, 0.5) is 14.6 Å². The Kier molecular flexibility index (Phi) is 6.93. The molecule has 3 N–H and O–H groups in total. The molecule has 13 heteroatoms. The Balaban J connectivity index is 0.000000158. The maximum absolute atomic E-state index is 13.1. The van der Waals surface area contributed by atoms with Gasteiger partial charge in [0, 0.05) is 25.1 Å². The van der Waals surface area contributed by atoms with E-state index in [-0.39, 0.29) is 24.4 Å². The van der Waals surface area contributed by atoms with E-state index in [9.17, 15) is 18.4 Å². The number of aryl methyl sites for hydroxylation is 2. The molecule has 1 aliphatic carbocycles. The molecular weight excluding hydrogens is 564 g/mol. The number of alkyl halides is 2. The van der Waals surface area contributed by atoms with Gasteiger partial charge in [-0.05, 0) is 67.1 Å². The minimum absolute atomic E-state index is 0.0751. The van der Waals surface area contributed by atoms with Gasteiger partial charge in [0.1, 0.15) is 35.6 Å². The first-order chi connectivity index (χ1) is 18.0. The molecule has 1 saturated heterocycles. The molecule has 3 aromatic rings. The molecule has 1 saturated carbocycles. The third-order valence-corrected chi connectivity index (χ3v) is 8.06. The Morgan fingerprint density at radius 2 is 1.95 bits per heavy atom. The Morgan fingerprint density at radius 3 is 2.61 bits per heavy atom. The van der Waals surface area contributed by atoms with Crippen molar-refractivity contribution in [3.8, 4) is 5.75 Å². The van der Waals surface area contributed by atoms with Crippen LogP contribution in [0.15, 0.2) is 27.9 Å². The summed E-state index contributed by atoms with van der Waals surface area (Å²) in [5, 5.41) is 7.07. The van der Waals surface area contributed by atoms with E-state index in [1.165, 1.54) is 6.33 Å². The summed E-state index contributed by atoms with van der Waals surface area (Å²) in [5.41, 5.74) is 8.17. The van der Waals surface area contributed by atoms with Gasteiger partial charge in [-0.25, -0.2) is 18.3 Å². The summed E-state index contributed by atoms with van der Waals surface area (Å²) in [6.45, 7) is 4.78. The van der Waals surface area contributed by atoms with Crippen LogP contribution in [0, 0.1) is 13.8 Å². The first-order valence-corrected chi connectivity index (χ1v) is 13.4. The van der Waals surface area contributed by atoms with E-state index >= 15 is 0 Å². The smallest absolute Gasteiger partial charge is 0.270 e. The zero-order valence-electron chi connectivity index (χ0n) is 21.3. The molecule has 1 spiro atoms. The van der Waals surface area contributed by atoms with Gasteiger partial charge < -0.3 is 15.8 Å². The number of pyridine rings is 1. The monoisotopic (exact) mass is 593 g/mol. The quantitative estimate of drug-likeness (QED) is 0.476. The molecule has 1 amide bonds. The average molecular weight is 594 g/mol. The number of nitrogens with one attached hydrogen (secondary N) is 1. The van der Waals surface area contributed by atoms with Gasteiger partial charge in [-0.1, -0.05) is 0 Å². The molecule has 0 atom stereocenters. The van der Waals surface area contributed by atoms with Crippen LogP contribution < -0.4 is 21.3 Å². The van der Waals surface area contributed by atoms with E-state index in [4.69, 9.17) is 10.5 Å². The maximum Gasteiger partial charge on any atom is 0.270 e. The molecule has 3 aromatic heterocycles. The van der Waals surface area contributed by atoms with Crippen LogP contribution in [0.3, 0.4) is 0 Å². The van der Waals surface area contributed by atoms with E-state index in [1.54, 1.807) is 26.2 Å². The van der Waals surface area contributed by atoms with Gasteiger partial charge in [0.05, 0.1) is 17.2 Å². The van der Waals surface area contributed by atoms with Crippen LogP contribution >= 0.6 is 15.9 Å². The lowest BCUT2D eigenvalue weighted by atomic mass is 10.1. The second-order valence-corrected chi connectivity index (χ2v) is 11.0. The molecular formula is C25H30BrF2N7O3. The number of rotatable bonds is 4. The predicted molar refractivity (Wildman–Crippen MR) is 141 cm³/mol. The number of nitrogens with zero attached hydrogens (tertiary/aromatic N) is 5. The minimum Gasteiger partial charge on any atom is -0.490 e. The SMILES string of the molecule is Cc1c(OCCN2CCC(F)(F)C2)cn2ncnc(N)c12.Cc1cc(Br)c(=O)n2c1C(=O)NC21CCCC1.